The number of aromatic nitrogens is 1. The Bertz CT molecular complexity index is 546. The minimum Gasteiger partial charge on any atom is -0.375 e. The number of nitro groups is 1. The van der Waals surface area contributed by atoms with Crippen molar-refractivity contribution in [2.45, 2.75) is 50.2 Å². The van der Waals surface area contributed by atoms with E-state index in [0.29, 0.717) is 16.3 Å². The molecule has 1 spiro atoms. The first-order chi connectivity index (χ1) is 10.1. The number of nitrogens with zero attached hydrogens (tertiary/aromatic N) is 2. The third-order valence-electron chi connectivity index (χ3n) is 4.39. The number of hydrogen-bond acceptors (Lipinski definition) is 5. The Morgan fingerprint density at radius 3 is 2.90 bits per heavy atom. The fourth-order valence-electron chi connectivity index (χ4n) is 3.35. The molecule has 2 heterocycles. The van der Waals surface area contributed by atoms with Crippen LogP contribution in [0, 0.1) is 10.1 Å². The molecule has 1 atom stereocenters. The van der Waals surface area contributed by atoms with Gasteiger partial charge in [0.05, 0.1) is 15.0 Å². The van der Waals surface area contributed by atoms with Gasteiger partial charge < -0.3 is 10.1 Å². The molecule has 0 radical (unpaired) electrons. The predicted molar refractivity (Wildman–Crippen MR) is 82.4 cm³/mol. The minimum atomic E-state index is -0.441. The number of rotatable bonds is 3. The summed E-state index contributed by atoms with van der Waals surface area (Å²) >= 11 is 3.36. The van der Waals surface area contributed by atoms with Crippen molar-refractivity contribution in [3.8, 4) is 0 Å². The molecule has 1 aromatic heterocycles. The molecule has 21 heavy (non-hydrogen) atoms. The molecule has 1 saturated heterocycles. The van der Waals surface area contributed by atoms with Gasteiger partial charge in [0.25, 0.3) is 5.69 Å². The van der Waals surface area contributed by atoms with Gasteiger partial charge in [0, 0.05) is 18.7 Å². The number of halogens is 1. The molecule has 1 saturated carbocycles. The molecular weight excluding hydrogens is 338 g/mol. The van der Waals surface area contributed by atoms with Crippen molar-refractivity contribution in [3.05, 3.63) is 26.9 Å². The summed E-state index contributed by atoms with van der Waals surface area (Å²) < 4.78 is 6.64. The van der Waals surface area contributed by atoms with Gasteiger partial charge in [0.15, 0.2) is 0 Å². The fourth-order valence-corrected chi connectivity index (χ4v) is 3.80. The first-order valence-corrected chi connectivity index (χ1v) is 8.08. The molecule has 0 amide bonds. The minimum absolute atomic E-state index is 0.00772. The van der Waals surface area contributed by atoms with E-state index in [4.69, 9.17) is 4.74 Å². The molecule has 0 aromatic carbocycles. The van der Waals surface area contributed by atoms with Crippen LogP contribution >= 0.6 is 15.9 Å². The van der Waals surface area contributed by atoms with Crippen LogP contribution in [0.4, 0.5) is 11.5 Å². The summed E-state index contributed by atoms with van der Waals surface area (Å²) in [7, 11) is 0. The number of pyridine rings is 1. The average Bonchev–Trinajstić information content (AvgIpc) is 2.89. The Kier molecular flexibility index (Phi) is 4.12. The third kappa shape index (κ3) is 3.18. The van der Waals surface area contributed by atoms with Crippen LogP contribution in [0.1, 0.15) is 38.5 Å². The maximum atomic E-state index is 10.7. The Labute approximate surface area is 131 Å². The van der Waals surface area contributed by atoms with Gasteiger partial charge in [0.2, 0.25) is 0 Å². The number of hydrogen-bond donors (Lipinski definition) is 1. The van der Waals surface area contributed by atoms with Crippen LogP contribution in [-0.4, -0.2) is 28.2 Å². The highest BCUT2D eigenvalue weighted by Gasteiger charge is 2.40. The van der Waals surface area contributed by atoms with E-state index >= 15 is 0 Å². The van der Waals surface area contributed by atoms with E-state index in [9.17, 15) is 10.1 Å². The zero-order valence-corrected chi connectivity index (χ0v) is 13.3. The van der Waals surface area contributed by atoms with Crippen LogP contribution < -0.4 is 5.32 Å². The lowest BCUT2D eigenvalue weighted by molar-refractivity contribution is -0.385. The summed E-state index contributed by atoms with van der Waals surface area (Å²) in [6, 6.07) is 1.79. The van der Waals surface area contributed by atoms with E-state index in [1.165, 1.54) is 25.1 Å². The Balaban J connectivity index is 1.70. The van der Waals surface area contributed by atoms with Crippen LogP contribution in [0.2, 0.25) is 0 Å². The lowest BCUT2D eigenvalue weighted by atomic mass is 9.89. The first kappa shape index (κ1) is 14.7. The highest BCUT2D eigenvalue weighted by molar-refractivity contribution is 9.10. The number of nitrogens with one attached hydrogen (secondary N) is 1. The molecule has 1 aliphatic carbocycles. The second kappa shape index (κ2) is 5.88. The second-order valence-corrected chi connectivity index (χ2v) is 6.71. The molecule has 6 nitrogen and oxygen atoms in total. The topological polar surface area (TPSA) is 77.3 Å². The molecule has 2 fully saturated rings. The van der Waals surface area contributed by atoms with E-state index in [-0.39, 0.29) is 11.3 Å². The van der Waals surface area contributed by atoms with Crippen LogP contribution in [0.5, 0.6) is 0 Å². The van der Waals surface area contributed by atoms with Crippen LogP contribution in [0.15, 0.2) is 16.7 Å². The molecule has 1 aliphatic heterocycles. The molecule has 2 aliphatic rings. The number of ether oxygens (including phenoxy) is 1. The Morgan fingerprint density at radius 1 is 1.48 bits per heavy atom. The standard InChI is InChI=1S/C14H18BrN3O3/c15-12-7-11(18(19)20)9-16-13(12)17-10-3-6-21-14(8-10)4-1-2-5-14/h7,9-10H,1-6,8H2,(H,16,17). The predicted octanol–water partition coefficient (Wildman–Crippen LogP) is 3.66. The Hall–Kier alpha value is -1.21. The summed E-state index contributed by atoms with van der Waals surface area (Å²) in [6.45, 7) is 0.766. The highest BCUT2D eigenvalue weighted by atomic mass is 79.9. The molecule has 114 valence electrons. The Morgan fingerprint density at radius 2 is 2.24 bits per heavy atom. The van der Waals surface area contributed by atoms with Crippen molar-refractivity contribution in [2.24, 2.45) is 0 Å². The summed E-state index contributed by atoms with van der Waals surface area (Å²) in [5.74, 6) is 0.667. The van der Waals surface area contributed by atoms with E-state index in [1.807, 2.05) is 0 Å². The normalized spacial score (nSPS) is 24.1. The lowest BCUT2D eigenvalue weighted by Gasteiger charge is -2.38. The zero-order valence-electron chi connectivity index (χ0n) is 11.7. The smallest absolute Gasteiger partial charge is 0.288 e. The lowest BCUT2D eigenvalue weighted by Crippen LogP contribution is -2.42. The highest BCUT2D eigenvalue weighted by Crippen LogP contribution is 2.40. The van der Waals surface area contributed by atoms with Crippen LogP contribution in [-0.2, 0) is 4.74 Å². The monoisotopic (exact) mass is 355 g/mol. The molecular formula is C14H18BrN3O3. The fraction of sp³-hybridized carbons (Fsp3) is 0.643. The van der Waals surface area contributed by atoms with Gasteiger partial charge in [-0.15, -0.1) is 0 Å². The van der Waals surface area contributed by atoms with Gasteiger partial charge in [-0.3, -0.25) is 10.1 Å². The largest absolute Gasteiger partial charge is 0.375 e. The van der Waals surface area contributed by atoms with Crippen molar-refractivity contribution < 1.29 is 9.66 Å². The van der Waals surface area contributed by atoms with Crippen molar-refractivity contribution in [3.63, 3.8) is 0 Å². The van der Waals surface area contributed by atoms with E-state index in [0.717, 1.165) is 32.3 Å². The molecule has 3 rings (SSSR count). The van der Waals surface area contributed by atoms with Crippen molar-refractivity contribution >= 4 is 27.4 Å². The van der Waals surface area contributed by atoms with Gasteiger partial charge in [-0.1, -0.05) is 12.8 Å². The van der Waals surface area contributed by atoms with E-state index in [1.54, 1.807) is 0 Å². The van der Waals surface area contributed by atoms with Gasteiger partial charge in [-0.2, -0.15) is 0 Å². The van der Waals surface area contributed by atoms with E-state index in [2.05, 4.69) is 26.2 Å². The summed E-state index contributed by atoms with van der Waals surface area (Å²) in [6.07, 6.45) is 7.97. The van der Waals surface area contributed by atoms with Gasteiger partial charge in [0.1, 0.15) is 12.0 Å². The van der Waals surface area contributed by atoms with Gasteiger partial charge in [-0.05, 0) is 41.6 Å². The maximum Gasteiger partial charge on any atom is 0.288 e. The molecule has 1 unspecified atom stereocenters. The maximum absolute atomic E-state index is 10.7. The first-order valence-electron chi connectivity index (χ1n) is 7.28. The second-order valence-electron chi connectivity index (χ2n) is 5.85. The van der Waals surface area contributed by atoms with Crippen molar-refractivity contribution in [2.75, 3.05) is 11.9 Å². The van der Waals surface area contributed by atoms with Gasteiger partial charge in [-0.25, -0.2) is 4.98 Å². The summed E-state index contributed by atoms with van der Waals surface area (Å²) in [5, 5.41) is 14.1. The van der Waals surface area contributed by atoms with Crippen LogP contribution in [0.3, 0.4) is 0 Å². The summed E-state index contributed by atoms with van der Waals surface area (Å²) in [4.78, 5) is 14.5. The van der Waals surface area contributed by atoms with Crippen LogP contribution in [0.25, 0.3) is 0 Å². The van der Waals surface area contributed by atoms with E-state index < -0.39 is 4.92 Å². The van der Waals surface area contributed by atoms with Crippen molar-refractivity contribution in [1.82, 2.24) is 4.98 Å². The SMILES string of the molecule is O=[N+]([O-])c1cnc(NC2CCOC3(CCCC3)C2)c(Br)c1. The molecule has 7 heteroatoms. The quantitative estimate of drug-likeness (QED) is 0.661. The molecule has 1 N–H and O–H groups in total. The zero-order chi connectivity index (χ0) is 14.9. The average molecular weight is 356 g/mol. The molecule has 1 aromatic rings. The van der Waals surface area contributed by atoms with Crippen molar-refractivity contribution in [1.29, 1.82) is 0 Å². The third-order valence-corrected chi connectivity index (χ3v) is 4.99. The number of anilines is 1. The summed E-state index contributed by atoms with van der Waals surface area (Å²) in [5.41, 5.74) is 0.0371. The molecule has 0 bridgehead atoms. The van der Waals surface area contributed by atoms with Gasteiger partial charge >= 0.3 is 0 Å².